The predicted molar refractivity (Wildman–Crippen MR) is 91.5 cm³/mol. The third kappa shape index (κ3) is 3.35. The third-order valence-electron chi connectivity index (χ3n) is 3.43. The molecule has 0 unspecified atom stereocenters. The normalized spacial score (nSPS) is 11.8. The molecule has 0 aliphatic rings. The summed E-state index contributed by atoms with van der Waals surface area (Å²) >= 11 is 1.19. The van der Waals surface area contributed by atoms with Gasteiger partial charge >= 0.3 is 0 Å². The van der Waals surface area contributed by atoms with Gasteiger partial charge in [0.05, 0.1) is 19.3 Å². The van der Waals surface area contributed by atoms with E-state index in [1.54, 1.807) is 24.6 Å². The molecule has 0 radical (unpaired) electrons. The number of oxazole rings is 1. The molecule has 2 aromatic heterocycles. The molecule has 3 rings (SSSR count). The molecule has 0 saturated carbocycles. The summed E-state index contributed by atoms with van der Waals surface area (Å²) in [5.74, 6) is 1.18. The Hall–Kier alpha value is -2.16. The van der Waals surface area contributed by atoms with E-state index in [0.29, 0.717) is 15.8 Å². The summed E-state index contributed by atoms with van der Waals surface area (Å²) in [7, 11) is -0.381. The molecule has 1 aromatic carbocycles. The van der Waals surface area contributed by atoms with Crippen LogP contribution in [0.1, 0.15) is 5.69 Å². The highest BCUT2D eigenvalue weighted by Gasteiger charge is 2.23. The van der Waals surface area contributed by atoms with Gasteiger partial charge in [0.25, 0.3) is 10.0 Å². The second kappa shape index (κ2) is 6.76. The minimum Gasteiger partial charge on any atom is -0.497 e. The van der Waals surface area contributed by atoms with Crippen LogP contribution in [0.3, 0.4) is 0 Å². The van der Waals surface area contributed by atoms with E-state index in [2.05, 4.69) is 4.98 Å². The van der Waals surface area contributed by atoms with Crippen molar-refractivity contribution in [1.29, 1.82) is 0 Å². The van der Waals surface area contributed by atoms with Crippen molar-refractivity contribution in [2.45, 2.75) is 10.8 Å². The van der Waals surface area contributed by atoms with Crippen LogP contribution < -0.4 is 4.74 Å². The summed E-state index contributed by atoms with van der Waals surface area (Å²) in [5.41, 5.74) is 1.34. The summed E-state index contributed by atoms with van der Waals surface area (Å²) in [4.78, 5) is 4.36. The van der Waals surface area contributed by atoms with Gasteiger partial charge in [0.2, 0.25) is 5.89 Å². The number of sulfonamides is 1. The summed E-state index contributed by atoms with van der Waals surface area (Å²) in [6.07, 6.45) is 1.47. The zero-order valence-electron chi connectivity index (χ0n) is 13.2. The topological polar surface area (TPSA) is 72.6 Å². The van der Waals surface area contributed by atoms with E-state index in [9.17, 15) is 8.42 Å². The van der Waals surface area contributed by atoms with Crippen LogP contribution in [-0.2, 0) is 16.6 Å². The van der Waals surface area contributed by atoms with Crippen molar-refractivity contribution in [3.05, 3.63) is 53.7 Å². The number of hydrogen-bond acceptors (Lipinski definition) is 6. The van der Waals surface area contributed by atoms with Gasteiger partial charge < -0.3 is 9.15 Å². The second-order valence-corrected chi connectivity index (χ2v) is 8.29. The molecular formula is C16H16N2O4S2. The van der Waals surface area contributed by atoms with Gasteiger partial charge in [-0.2, -0.15) is 4.31 Å². The monoisotopic (exact) mass is 364 g/mol. The van der Waals surface area contributed by atoms with Crippen LogP contribution in [-0.4, -0.2) is 31.9 Å². The van der Waals surface area contributed by atoms with Crippen LogP contribution in [0, 0.1) is 0 Å². The lowest BCUT2D eigenvalue weighted by Crippen LogP contribution is -2.25. The first-order chi connectivity index (χ1) is 11.5. The average Bonchev–Trinajstić information content (AvgIpc) is 3.27. The Bertz CT molecular complexity index is 900. The molecule has 0 N–H and O–H groups in total. The number of nitrogens with zero attached hydrogens (tertiary/aromatic N) is 2. The lowest BCUT2D eigenvalue weighted by Gasteiger charge is -2.14. The maximum atomic E-state index is 12.4. The highest BCUT2D eigenvalue weighted by atomic mass is 32.2. The molecule has 0 aliphatic heterocycles. The van der Waals surface area contributed by atoms with E-state index in [-0.39, 0.29) is 6.54 Å². The quantitative estimate of drug-likeness (QED) is 0.671. The van der Waals surface area contributed by atoms with E-state index in [1.807, 2.05) is 24.3 Å². The fourth-order valence-electron chi connectivity index (χ4n) is 2.12. The van der Waals surface area contributed by atoms with Crippen molar-refractivity contribution in [2.75, 3.05) is 14.2 Å². The van der Waals surface area contributed by atoms with Crippen molar-refractivity contribution < 1.29 is 17.6 Å². The van der Waals surface area contributed by atoms with Crippen molar-refractivity contribution in [2.24, 2.45) is 0 Å². The van der Waals surface area contributed by atoms with Crippen LogP contribution in [0.4, 0.5) is 0 Å². The second-order valence-electron chi connectivity index (χ2n) is 5.07. The molecule has 0 saturated heterocycles. The first-order valence-electron chi connectivity index (χ1n) is 7.09. The van der Waals surface area contributed by atoms with E-state index in [4.69, 9.17) is 9.15 Å². The first kappa shape index (κ1) is 16.7. The fourth-order valence-corrected chi connectivity index (χ4v) is 4.47. The molecule has 6 nitrogen and oxygen atoms in total. The Balaban J connectivity index is 1.76. The van der Waals surface area contributed by atoms with Crippen molar-refractivity contribution >= 4 is 21.4 Å². The van der Waals surface area contributed by atoms with Crippen LogP contribution in [0.5, 0.6) is 5.75 Å². The maximum absolute atomic E-state index is 12.4. The smallest absolute Gasteiger partial charge is 0.252 e. The summed E-state index contributed by atoms with van der Waals surface area (Å²) in [6.45, 7) is 0.139. The van der Waals surface area contributed by atoms with E-state index >= 15 is 0 Å². The molecule has 0 aliphatic carbocycles. The number of thiophene rings is 1. The average molecular weight is 364 g/mol. The standard InChI is InChI=1S/C16H16N2O4S2/c1-18(24(19,20)15-4-3-9-23-15)10-13-11-22-16(17-13)12-5-7-14(21-2)8-6-12/h3-9,11H,10H2,1-2H3. The van der Waals surface area contributed by atoms with Gasteiger partial charge in [-0.3, -0.25) is 0 Å². The molecule has 0 spiro atoms. The van der Waals surface area contributed by atoms with Crippen molar-refractivity contribution in [3.63, 3.8) is 0 Å². The number of rotatable bonds is 6. The van der Waals surface area contributed by atoms with Crippen LogP contribution in [0.2, 0.25) is 0 Å². The van der Waals surface area contributed by atoms with Gasteiger partial charge in [-0.05, 0) is 35.7 Å². The predicted octanol–water partition coefficient (Wildman–Crippen LogP) is 3.23. The minimum atomic E-state index is -3.50. The zero-order valence-corrected chi connectivity index (χ0v) is 14.8. The van der Waals surface area contributed by atoms with Gasteiger partial charge in [0.1, 0.15) is 16.2 Å². The number of ether oxygens (including phenoxy) is 1. The summed E-state index contributed by atoms with van der Waals surface area (Å²) in [5, 5.41) is 1.73. The first-order valence-corrected chi connectivity index (χ1v) is 9.41. The van der Waals surface area contributed by atoms with Gasteiger partial charge in [0, 0.05) is 12.6 Å². The van der Waals surface area contributed by atoms with E-state index in [1.165, 1.54) is 29.0 Å². The Morgan fingerprint density at radius 3 is 2.62 bits per heavy atom. The largest absolute Gasteiger partial charge is 0.497 e. The van der Waals surface area contributed by atoms with E-state index in [0.717, 1.165) is 11.3 Å². The number of methoxy groups -OCH3 is 1. The Labute approximate surface area is 144 Å². The van der Waals surface area contributed by atoms with Gasteiger partial charge in [0.15, 0.2) is 0 Å². The number of hydrogen-bond donors (Lipinski definition) is 0. The summed E-state index contributed by atoms with van der Waals surface area (Å²) in [6, 6.07) is 10.6. The highest BCUT2D eigenvalue weighted by molar-refractivity contribution is 7.91. The molecule has 0 fully saturated rings. The fraction of sp³-hybridized carbons (Fsp3) is 0.188. The SMILES string of the molecule is COc1ccc(-c2nc(CN(C)S(=O)(=O)c3cccs3)co2)cc1. The van der Waals surface area contributed by atoms with Crippen molar-refractivity contribution in [1.82, 2.24) is 9.29 Å². The van der Waals surface area contributed by atoms with Gasteiger partial charge in [-0.25, -0.2) is 13.4 Å². The lowest BCUT2D eigenvalue weighted by atomic mass is 10.2. The molecule has 0 atom stereocenters. The molecule has 0 amide bonds. The van der Waals surface area contributed by atoms with Crippen molar-refractivity contribution in [3.8, 4) is 17.2 Å². The van der Waals surface area contributed by atoms with Gasteiger partial charge in [-0.15, -0.1) is 11.3 Å². The highest BCUT2D eigenvalue weighted by Crippen LogP contribution is 2.24. The molecular weight excluding hydrogens is 348 g/mol. The van der Waals surface area contributed by atoms with Gasteiger partial charge in [-0.1, -0.05) is 6.07 Å². The molecule has 24 heavy (non-hydrogen) atoms. The molecule has 126 valence electrons. The third-order valence-corrected chi connectivity index (χ3v) is 6.61. The Morgan fingerprint density at radius 2 is 2.00 bits per heavy atom. The van der Waals surface area contributed by atoms with Crippen LogP contribution in [0.15, 0.2) is 56.7 Å². The minimum absolute atomic E-state index is 0.139. The van der Waals surface area contributed by atoms with Crippen LogP contribution >= 0.6 is 11.3 Å². The zero-order chi connectivity index (χ0) is 17.2. The summed E-state index contributed by atoms with van der Waals surface area (Å²) < 4.78 is 37.0. The van der Waals surface area contributed by atoms with Crippen LogP contribution in [0.25, 0.3) is 11.5 Å². The number of benzene rings is 1. The lowest BCUT2D eigenvalue weighted by molar-refractivity contribution is 0.415. The Morgan fingerprint density at radius 1 is 1.25 bits per heavy atom. The maximum Gasteiger partial charge on any atom is 0.252 e. The molecule has 3 aromatic rings. The molecule has 2 heterocycles. The molecule has 8 heteroatoms. The Kier molecular flexibility index (Phi) is 4.70. The molecule has 0 bridgehead atoms. The van der Waals surface area contributed by atoms with E-state index < -0.39 is 10.0 Å². The number of aromatic nitrogens is 1.